The van der Waals surface area contributed by atoms with Crippen LogP contribution in [0.4, 0.5) is 0 Å². The highest BCUT2D eigenvalue weighted by Crippen LogP contribution is 2.38. The van der Waals surface area contributed by atoms with Crippen LogP contribution in [0.3, 0.4) is 0 Å². The molecule has 3 nitrogen and oxygen atoms in total. The van der Waals surface area contributed by atoms with E-state index in [0.29, 0.717) is 18.0 Å². The largest absolute Gasteiger partial charge is 0.467 e. The van der Waals surface area contributed by atoms with Crippen LogP contribution in [0.15, 0.2) is 22.8 Å². The highest BCUT2D eigenvalue weighted by Gasteiger charge is 2.32. The van der Waals surface area contributed by atoms with Crippen LogP contribution in [0, 0.1) is 11.3 Å². The van der Waals surface area contributed by atoms with E-state index < -0.39 is 0 Å². The second-order valence-electron chi connectivity index (χ2n) is 6.52. The molecule has 1 fully saturated rings. The molecule has 19 heavy (non-hydrogen) atoms. The van der Waals surface area contributed by atoms with Gasteiger partial charge in [0.25, 0.3) is 0 Å². The molecule has 4 heteroatoms. The van der Waals surface area contributed by atoms with Crippen molar-refractivity contribution < 1.29 is 4.42 Å². The van der Waals surface area contributed by atoms with Crippen molar-refractivity contribution in [3.05, 3.63) is 24.2 Å². The van der Waals surface area contributed by atoms with Gasteiger partial charge in [0.2, 0.25) is 0 Å². The number of rotatable bonds is 3. The molecular weight excluding hydrogens is 256 g/mol. The normalized spacial score (nSPS) is 25.8. The lowest BCUT2D eigenvalue weighted by Gasteiger charge is -2.39. The van der Waals surface area contributed by atoms with Crippen LogP contribution in [0.2, 0.25) is 0 Å². The summed E-state index contributed by atoms with van der Waals surface area (Å²) in [5.74, 6) is 1.66. The highest BCUT2D eigenvalue weighted by molar-refractivity contribution is 7.80. The third-order valence-electron chi connectivity index (χ3n) is 3.73. The van der Waals surface area contributed by atoms with Gasteiger partial charge in [0.1, 0.15) is 5.76 Å². The van der Waals surface area contributed by atoms with E-state index in [1.807, 2.05) is 12.1 Å². The fraction of sp³-hybridized carbons (Fsp3) is 0.667. The first-order valence-electron chi connectivity index (χ1n) is 7.01. The zero-order valence-electron chi connectivity index (χ0n) is 12.0. The molecule has 1 aromatic rings. The van der Waals surface area contributed by atoms with E-state index >= 15 is 0 Å². The van der Waals surface area contributed by atoms with Crippen LogP contribution in [-0.2, 0) is 6.54 Å². The van der Waals surface area contributed by atoms with Crippen LogP contribution >= 0.6 is 12.2 Å². The highest BCUT2D eigenvalue weighted by atomic mass is 32.1. The SMILES string of the molecule is CC1CC(NC(=S)NCc2ccco2)CC(C)(C)C1. The third-order valence-corrected chi connectivity index (χ3v) is 3.99. The van der Waals surface area contributed by atoms with E-state index in [1.165, 1.54) is 19.3 Å². The average molecular weight is 280 g/mol. The Bertz CT molecular complexity index is 414. The molecule has 1 aliphatic rings. The van der Waals surface area contributed by atoms with Gasteiger partial charge < -0.3 is 15.1 Å². The Morgan fingerprint density at radius 3 is 2.89 bits per heavy atom. The number of hydrogen-bond donors (Lipinski definition) is 2. The summed E-state index contributed by atoms with van der Waals surface area (Å²) < 4.78 is 5.27. The van der Waals surface area contributed by atoms with Gasteiger partial charge in [-0.2, -0.15) is 0 Å². The summed E-state index contributed by atoms with van der Waals surface area (Å²) in [5, 5.41) is 7.38. The maximum Gasteiger partial charge on any atom is 0.166 e. The molecular formula is C15H24N2OS. The molecule has 0 spiro atoms. The van der Waals surface area contributed by atoms with E-state index in [2.05, 4.69) is 31.4 Å². The fourth-order valence-corrected chi connectivity index (χ4v) is 3.51. The van der Waals surface area contributed by atoms with Gasteiger partial charge in [-0.15, -0.1) is 0 Å². The van der Waals surface area contributed by atoms with Crippen molar-refractivity contribution in [2.45, 2.75) is 52.6 Å². The van der Waals surface area contributed by atoms with Gasteiger partial charge >= 0.3 is 0 Å². The summed E-state index contributed by atoms with van der Waals surface area (Å²) in [6.45, 7) is 7.66. The smallest absolute Gasteiger partial charge is 0.166 e. The average Bonchev–Trinajstić information content (AvgIpc) is 2.75. The third kappa shape index (κ3) is 4.53. The molecule has 2 unspecified atom stereocenters. The van der Waals surface area contributed by atoms with Crippen molar-refractivity contribution in [2.75, 3.05) is 0 Å². The Labute approximate surface area is 121 Å². The maximum absolute atomic E-state index is 5.36. The summed E-state index contributed by atoms with van der Waals surface area (Å²) >= 11 is 5.36. The lowest BCUT2D eigenvalue weighted by molar-refractivity contribution is 0.161. The quantitative estimate of drug-likeness (QED) is 0.832. The van der Waals surface area contributed by atoms with Crippen LogP contribution in [0.5, 0.6) is 0 Å². The van der Waals surface area contributed by atoms with E-state index in [-0.39, 0.29) is 0 Å². The Hall–Kier alpha value is -1.03. The second-order valence-corrected chi connectivity index (χ2v) is 6.92. The first-order valence-corrected chi connectivity index (χ1v) is 7.42. The van der Waals surface area contributed by atoms with Crippen LogP contribution in [0.25, 0.3) is 0 Å². The fourth-order valence-electron chi connectivity index (χ4n) is 3.27. The van der Waals surface area contributed by atoms with E-state index in [9.17, 15) is 0 Å². The van der Waals surface area contributed by atoms with E-state index in [4.69, 9.17) is 16.6 Å². The standard InChI is InChI=1S/C15H24N2OS/c1-11-7-12(9-15(2,3)8-11)17-14(19)16-10-13-5-4-6-18-13/h4-6,11-12H,7-10H2,1-3H3,(H2,16,17,19). The molecule has 1 saturated carbocycles. The Balaban J connectivity index is 1.78. The molecule has 106 valence electrons. The minimum Gasteiger partial charge on any atom is -0.467 e. The molecule has 0 radical (unpaired) electrons. The predicted molar refractivity (Wildman–Crippen MR) is 81.9 cm³/mol. The van der Waals surface area contributed by atoms with Crippen LogP contribution in [0.1, 0.15) is 45.8 Å². The predicted octanol–water partition coefficient (Wildman–Crippen LogP) is 3.46. The molecule has 0 amide bonds. The summed E-state index contributed by atoms with van der Waals surface area (Å²) in [7, 11) is 0. The monoisotopic (exact) mass is 280 g/mol. The summed E-state index contributed by atoms with van der Waals surface area (Å²) in [6.07, 6.45) is 5.36. The zero-order valence-corrected chi connectivity index (χ0v) is 12.8. The van der Waals surface area contributed by atoms with Crippen molar-refractivity contribution in [1.82, 2.24) is 10.6 Å². The van der Waals surface area contributed by atoms with Gasteiger partial charge in [-0.25, -0.2) is 0 Å². The summed E-state index contributed by atoms with van der Waals surface area (Å²) in [6, 6.07) is 4.32. The molecule has 1 heterocycles. The topological polar surface area (TPSA) is 37.2 Å². The van der Waals surface area contributed by atoms with Crippen molar-refractivity contribution in [1.29, 1.82) is 0 Å². The molecule has 0 aliphatic heterocycles. The molecule has 0 saturated heterocycles. The van der Waals surface area contributed by atoms with Crippen molar-refractivity contribution >= 4 is 17.3 Å². The van der Waals surface area contributed by atoms with Crippen LogP contribution in [-0.4, -0.2) is 11.2 Å². The van der Waals surface area contributed by atoms with Crippen molar-refractivity contribution in [3.63, 3.8) is 0 Å². The molecule has 1 aromatic heterocycles. The first kappa shape index (κ1) is 14.4. The van der Waals surface area contributed by atoms with Gasteiger partial charge in [0.15, 0.2) is 5.11 Å². The minimum atomic E-state index is 0.409. The van der Waals surface area contributed by atoms with Gasteiger partial charge in [0.05, 0.1) is 12.8 Å². The van der Waals surface area contributed by atoms with Gasteiger partial charge in [-0.05, 0) is 54.9 Å². The second kappa shape index (κ2) is 5.95. The summed E-state index contributed by atoms with van der Waals surface area (Å²) in [5.41, 5.74) is 0.409. The van der Waals surface area contributed by atoms with Gasteiger partial charge in [0, 0.05) is 6.04 Å². The molecule has 2 atom stereocenters. The number of nitrogens with one attached hydrogen (secondary N) is 2. The zero-order chi connectivity index (χ0) is 13.9. The minimum absolute atomic E-state index is 0.409. The van der Waals surface area contributed by atoms with Crippen LogP contribution < -0.4 is 10.6 Å². The van der Waals surface area contributed by atoms with Gasteiger partial charge in [-0.1, -0.05) is 20.8 Å². The number of thiocarbonyl (C=S) groups is 1. The van der Waals surface area contributed by atoms with Crippen molar-refractivity contribution in [2.24, 2.45) is 11.3 Å². The lowest BCUT2D eigenvalue weighted by atomic mass is 9.71. The van der Waals surface area contributed by atoms with E-state index in [0.717, 1.165) is 16.8 Å². The van der Waals surface area contributed by atoms with E-state index in [1.54, 1.807) is 6.26 Å². The Kier molecular flexibility index (Phi) is 4.50. The summed E-state index contributed by atoms with van der Waals surface area (Å²) in [4.78, 5) is 0. The molecule has 0 aromatic carbocycles. The van der Waals surface area contributed by atoms with Crippen molar-refractivity contribution in [3.8, 4) is 0 Å². The molecule has 2 rings (SSSR count). The number of hydrogen-bond acceptors (Lipinski definition) is 2. The number of furan rings is 1. The lowest BCUT2D eigenvalue weighted by Crippen LogP contribution is -2.46. The Morgan fingerprint density at radius 1 is 1.47 bits per heavy atom. The maximum atomic E-state index is 5.36. The first-order chi connectivity index (χ1) is 8.94. The van der Waals surface area contributed by atoms with Gasteiger partial charge in [-0.3, -0.25) is 0 Å². The Morgan fingerprint density at radius 2 is 2.26 bits per heavy atom. The molecule has 0 bridgehead atoms. The molecule has 2 N–H and O–H groups in total. The molecule has 1 aliphatic carbocycles.